The Morgan fingerprint density at radius 1 is 1.33 bits per heavy atom. The van der Waals surface area contributed by atoms with E-state index in [0.717, 1.165) is 17.8 Å². The minimum absolute atomic E-state index is 0.146. The van der Waals surface area contributed by atoms with E-state index >= 15 is 0 Å². The summed E-state index contributed by atoms with van der Waals surface area (Å²) in [5.74, 6) is -0.757. The predicted molar refractivity (Wildman–Crippen MR) is 79.0 cm³/mol. The van der Waals surface area contributed by atoms with E-state index in [1.165, 1.54) is 0 Å². The molecule has 8 heteroatoms. The lowest BCUT2D eigenvalue weighted by atomic mass is 10.3. The molecule has 0 spiro atoms. The molecule has 1 aromatic carbocycles. The van der Waals surface area contributed by atoms with Gasteiger partial charge in [-0.05, 0) is 24.3 Å². The smallest absolute Gasteiger partial charge is 0.242 e. The molecule has 3 N–H and O–H groups in total. The molecule has 5 nitrogen and oxygen atoms in total. The van der Waals surface area contributed by atoms with Crippen LogP contribution < -0.4 is 10.5 Å². The largest absolute Gasteiger partial charge is 0.396 e. The van der Waals surface area contributed by atoms with Crippen LogP contribution in [0.5, 0.6) is 0 Å². The van der Waals surface area contributed by atoms with Crippen molar-refractivity contribution in [1.29, 1.82) is 0 Å². The van der Waals surface area contributed by atoms with Crippen LogP contribution in [0.15, 0.2) is 41.4 Å². The summed E-state index contributed by atoms with van der Waals surface area (Å²) in [4.78, 5) is 3.84. The number of hydrogen-bond donors (Lipinski definition) is 2. The van der Waals surface area contributed by atoms with E-state index in [4.69, 9.17) is 17.3 Å². The molecule has 0 unspecified atom stereocenters. The van der Waals surface area contributed by atoms with Gasteiger partial charge < -0.3 is 5.73 Å². The molecule has 2 aromatic rings. The van der Waals surface area contributed by atoms with Gasteiger partial charge in [-0.3, -0.25) is 4.98 Å². The number of sulfonamides is 1. The van der Waals surface area contributed by atoms with Gasteiger partial charge in [-0.25, -0.2) is 17.5 Å². The van der Waals surface area contributed by atoms with E-state index in [9.17, 15) is 12.8 Å². The Labute approximate surface area is 127 Å². The van der Waals surface area contributed by atoms with Gasteiger partial charge in [-0.2, -0.15) is 0 Å². The Bertz CT molecular complexity index is 739. The number of benzene rings is 1. The number of nitrogens with one attached hydrogen (secondary N) is 1. The number of halogens is 2. The lowest BCUT2D eigenvalue weighted by Crippen LogP contribution is -2.26. The normalized spacial score (nSPS) is 11.5. The molecule has 0 aliphatic rings. The van der Waals surface area contributed by atoms with Crippen molar-refractivity contribution in [3.05, 3.63) is 53.1 Å². The van der Waals surface area contributed by atoms with Gasteiger partial charge in [0.15, 0.2) is 0 Å². The lowest BCUT2D eigenvalue weighted by Gasteiger charge is -2.09. The van der Waals surface area contributed by atoms with Gasteiger partial charge in [-0.1, -0.05) is 17.7 Å². The van der Waals surface area contributed by atoms with Crippen LogP contribution in [-0.2, 0) is 16.4 Å². The van der Waals surface area contributed by atoms with Gasteiger partial charge in [0.1, 0.15) is 10.7 Å². The summed E-state index contributed by atoms with van der Waals surface area (Å²) < 4.78 is 39.8. The third-order valence-electron chi connectivity index (χ3n) is 2.74. The van der Waals surface area contributed by atoms with E-state index in [-0.39, 0.29) is 22.2 Å². The average molecular weight is 330 g/mol. The summed E-state index contributed by atoms with van der Waals surface area (Å²) in [7, 11) is -3.86. The van der Waals surface area contributed by atoms with E-state index in [1.54, 1.807) is 18.3 Å². The summed E-state index contributed by atoms with van der Waals surface area (Å²) in [5.41, 5.74) is 5.85. The molecule has 2 rings (SSSR count). The van der Waals surface area contributed by atoms with Gasteiger partial charge in [-0.15, -0.1) is 0 Å². The number of nitrogens with two attached hydrogens (primary N) is 1. The van der Waals surface area contributed by atoms with Crippen LogP contribution in [0.4, 0.5) is 10.1 Å². The average Bonchev–Trinajstić information content (AvgIpc) is 2.43. The minimum Gasteiger partial charge on any atom is -0.396 e. The lowest BCUT2D eigenvalue weighted by molar-refractivity contribution is 0.580. The van der Waals surface area contributed by atoms with Crippen LogP contribution in [0.25, 0.3) is 0 Å². The van der Waals surface area contributed by atoms with E-state index in [1.807, 2.05) is 6.07 Å². The number of nitrogen functional groups attached to an aromatic ring is 1. The molecule has 0 aliphatic carbocycles. The van der Waals surface area contributed by atoms with Crippen molar-refractivity contribution in [2.45, 2.75) is 11.3 Å². The van der Waals surface area contributed by atoms with E-state index in [2.05, 4.69) is 9.71 Å². The van der Waals surface area contributed by atoms with Gasteiger partial charge in [0, 0.05) is 24.9 Å². The monoisotopic (exact) mass is 329 g/mol. The van der Waals surface area contributed by atoms with Crippen LogP contribution in [-0.4, -0.2) is 19.9 Å². The molecule has 0 bridgehead atoms. The summed E-state index contributed by atoms with van der Waals surface area (Å²) in [5, 5.41) is -0.216. The summed E-state index contributed by atoms with van der Waals surface area (Å²) in [6.45, 7) is 0.146. The van der Waals surface area contributed by atoms with Crippen LogP contribution >= 0.6 is 11.6 Å². The van der Waals surface area contributed by atoms with Crippen molar-refractivity contribution in [3.63, 3.8) is 0 Å². The highest BCUT2D eigenvalue weighted by atomic mass is 35.5. The second-order valence-corrected chi connectivity index (χ2v) is 6.42. The molecule has 0 saturated heterocycles. The molecule has 112 valence electrons. The van der Waals surface area contributed by atoms with Crippen LogP contribution in [0, 0.1) is 5.82 Å². The molecule has 0 saturated carbocycles. The number of rotatable bonds is 5. The Hall–Kier alpha value is -1.70. The quantitative estimate of drug-likeness (QED) is 0.821. The second-order valence-electron chi connectivity index (χ2n) is 4.27. The first-order valence-corrected chi connectivity index (χ1v) is 7.90. The third-order valence-corrected chi connectivity index (χ3v) is 4.67. The Morgan fingerprint density at radius 2 is 2.10 bits per heavy atom. The Balaban J connectivity index is 2.10. The molecule has 0 amide bonds. The van der Waals surface area contributed by atoms with Crippen LogP contribution in [0.3, 0.4) is 0 Å². The highest BCUT2D eigenvalue weighted by molar-refractivity contribution is 7.89. The number of anilines is 1. The standard InChI is InChI=1S/C13H13ClFN3O2S/c14-10-7-11(15)12(16)8-13(10)21(19,20)18-6-4-9-3-1-2-5-17-9/h1-3,5,7-8,18H,4,6,16H2. The number of aromatic nitrogens is 1. The third kappa shape index (κ3) is 3.90. The van der Waals surface area contributed by atoms with Crippen molar-refractivity contribution in [1.82, 2.24) is 9.71 Å². The molecule has 1 aromatic heterocycles. The Kier molecular flexibility index (Phi) is 4.76. The summed E-state index contributed by atoms with van der Waals surface area (Å²) in [6.07, 6.45) is 2.05. The number of pyridine rings is 1. The number of hydrogen-bond acceptors (Lipinski definition) is 4. The molecular weight excluding hydrogens is 317 g/mol. The fraction of sp³-hybridized carbons (Fsp3) is 0.154. The van der Waals surface area contributed by atoms with Gasteiger partial charge in [0.25, 0.3) is 0 Å². The van der Waals surface area contributed by atoms with Crippen molar-refractivity contribution in [3.8, 4) is 0 Å². The molecule has 0 radical (unpaired) electrons. The fourth-order valence-corrected chi connectivity index (χ4v) is 3.27. The first-order chi connectivity index (χ1) is 9.90. The molecule has 21 heavy (non-hydrogen) atoms. The topological polar surface area (TPSA) is 85.1 Å². The summed E-state index contributed by atoms with van der Waals surface area (Å²) >= 11 is 5.75. The van der Waals surface area contributed by atoms with Crippen LogP contribution in [0.2, 0.25) is 5.02 Å². The maximum atomic E-state index is 13.2. The van der Waals surface area contributed by atoms with Crippen LogP contribution in [0.1, 0.15) is 5.69 Å². The SMILES string of the molecule is Nc1cc(S(=O)(=O)NCCc2ccccn2)c(Cl)cc1F. The zero-order chi connectivity index (χ0) is 15.5. The Morgan fingerprint density at radius 3 is 2.76 bits per heavy atom. The maximum Gasteiger partial charge on any atom is 0.242 e. The summed E-state index contributed by atoms with van der Waals surface area (Å²) in [6, 6.07) is 7.26. The first kappa shape index (κ1) is 15.7. The first-order valence-electron chi connectivity index (χ1n) is 6.04. The van der Waals surface area contributed by atoms with E-state index < -0.39 is 15.8 Å². The van der Waals surface area contributed by atoms with Crippen molar-refractivity contribution in [2.75, 3.05) is 12.3 Å². The second kappa shape index (κ2) is 6.38. The van der Waals surface area contributed by atoms with Crippen molar-refractivity contribution < 1.29 is 12.8 Å². The molecule has 0 aliphatic heterocycles. The minimum atomic E-state index is -3.86. The van der Waals surface area contributed by atoms with Gasteiger partial charge in [0.2, 0.25) is 10.0 Å². The van der Waals surface area contributed by atoms with E-state index in [0.29, 0.717) is 6.42 Å². The molecule has 0 fully saturated rings. The molecule has 0 atom stereocenters. The highest BCUT2D eigenvalue weighted by Crippen LogP contribution is 2.26. The molecule has 1 heterocycles. The van der Waals surface area contributed by atoms with Gasteiger partial charge >= 0.3 is 0 Å². The predicted octanol–water partition coefficient (Wildman–Crippen LogP) is 1.98. The van der Waals surface area contributed by atoms with Gasteiger partial charge in [0.05, 0.1) is 10.7 Å². The van der Waals surface area contributed by atoms with Crippen molar-refractivity contribution >= 4 is 27.3 Å². The highest BCUT2D eigenvalue weighted by Gasteiger charge is 2.19. The zero-order valence-corrected chi connectivity index (χ0v) is 12.5. The zero-order valence-electron chi connectivity index (χ0n) is 10.9. The number of nitrogens with zero attached hydrogens (tertiary/aromatic N) is 1. The maximum absolute atomic E-state index is 13.2. The molecular formula is C13H13ClFN3O2S. The fourth-order valence-electron chi connectivity index (χ4n) is 1.69. The van der Waals surface area contributed by atoms with Crippen molar-refractivity contribution in [2.24, 2.45) is 0 Å².